The largest absolute Gasteiger partial charge is 0.388 e. The maximum Gasteiger partial charge on any atom is 0.0869 e. The Kier molecular flexibility index (Phi) is 4.84. The highest BCUT2D eigenvalue weighted by Gasteiger charge is 2.27. The smallest absolute Gasteiger partial charge is 0.0869 e. The van der Waals surface area contributed by atoms with E-state index in [1.807, 2.05) is 25.9 Å². The van der Waals surface area contributed by atoms with Crippen LogP contribution in [0.3, 0.4) is 0 Å². The van der Waals surface area contributed by atoms with Crippen LogP contribution in [0, 0.1) is 0 Å². The molecule has 3 unspecified atom stereocenters. The van der Waals surface area contributed by atoms with Crippen molar-refractivity contribution in [1.29, 1.82) is 0 Å². The highest BCUT2D eigenvalue weighted by Crippen LogP contribution is 2.36. The fourth-order valence-corrected chi connectivity index (χ4v) is 3.30. The number of fused-ring (bicyclic) bond motifs is 1. The third-order valence-electron chi connectivity index (χ3n) is 4.18. The van der Waals surface area contributed by atoms with Crippen molar-refractivity contribution >= 4 is 0 Å². The normalized spacial score (nSPS) is 25.3. The van der Waals surface area contributed by atoms with Crippen molar-refractivity contribution in [2.45, 2.75) is 44.2 Å². The van der Waals surface area contributed by atoms with Gasteiger partial charge in [-0.25, -0.2) is 0 Å². The number of nitrogens with one attached hydrogen (secondary N) is 1. The third-order valence-corrected chi connectivity index (χ3v) is 4.18. The van der Waals surface area contributed by atoms with Crippen LogP contribution in [-0.2, 0) is 0 Å². The highest BCUT2D eigenvalue weighted by molar-refractivity contribution is 5.34. The zero-order valence-corrected chi connectivity index (χ0v) is 13.2. The van der Waals surface area contributed by atoms with E-state index in [1.165, 1.54) is 17.5 Å². The van der Waals surface area contributed by atoms with Crippen LogP contribution in [0.5, 0.6) is 0 Å². The lowest BCUT2D eigenvalue weighted by Crippen LogP contribution is -2.46. The van der Waals surface area contributed by atoms with Gasteiger partial charge in [-0.3, -0.25) is 0 Å². The molecule has 0 saturated carbocycles. The van der Waals surface area contributed by atoms with E-state index >= 15 is 0 Å². The Morgan fingerprint density at radius 3 is 2.55 bits per heavy atom. The first-order valence-corrected chi connectivity index (χ1v) is 7.58. The van der Waals surface area contributed by atoms with Crippen molar-refractivity contribution in [3.8, 4) is 0 Å². The molecule has 0 radical (unpaired) electrons. The van der Waals surface area contributed by atoms with E-state index in [1.54, 1.807) is 0 Å². The molecule has 1 aliphatic rings. The molecule has 0 amide bonds. The van der Waals surface area contributed by atoms with Crippen molar-refractivity contribution in [3.05, 3.63) is 35.4 Å². The molecule has 1 aromatic rings. The van der Waals surface area contributed by atoms with Gasteiger partial charge in [-0.15, -0.1) is 0 Å². The second kappa shape index (κ2) is 6.25. The van der Waals surface area contributed by atoms with Crippen LogP contribution in [0.1, 0.15) is 49.8 Å². The summed E-state index contributed by atoms with van der Waals surface area (Å²) in [6, 6.07) is 9.08. The van der Waals surface area contributed by atoms with Gasteiger partial charge in [0.1, 0.15) is 0 Å². The van der Waals surface area contributed by atoms with Crippen LogP contribution in [0.4, 0.5) is 0 Å². The Morgan fingerprint density at radius 2 is 1.90 bits per heavy atom. The van der Waals surface area contributed by atoms with Gasteiger partial charge >= 0.3 is 0 Å². The second-order valence-corrected chi connectivity index (χ2v) is 6.78. The number of hydrogen-bond donors (Lipinski definition) is 2. The molecule has 0 fully saturated rings. The lowest BCUT2D eigenvalue weighted by atomic mass is 9.81. The monoisotopic (exact) mass is 276 g/mol. The minimum atomic E-state index is -0.693. The number of aliphatic hydroxyl groups is 1. The van der Waals surface area contributed by atoms with Gasteiger partial charge in [-0.1, -0.05) is 31.2 Å². The highest BCUT2D eigenvalue weighted by atomic mass is 16.3. The predicted octanol–water partition coefficient (Wildman–Crippen LogP) is 2.53. The van der Waals surface area contributed by atoms with Gasteiger partial charge in [0.05, 0.1) is 5.60 Å². The molecular weight excluding hydrogens is 248 g/mol. The maximum absolute atomic E-state index is 10.4. The third kappa shape index (κ3) is 3.81. The van der Waals surface area contributed by atoms with Crippen molar-refractivity contribution in [2.75, 3.05) is 27.2 Å². The van der Waals surface area contributed by atoms with Crippen molar-refractivity contribution in [1.82, 2.24) is 10.2 Å². The molecule has 0 bridgehead atoms. The average Bonchev–Trinajstić information content (AvgIpc) is 2.37. The lowest BCUT2D eigenvalue weighted by Gasteiger charge is -2.34. The van der Waals surface area contributed by atoms with E-state index in [-0.39, 0.29) is 0 Å². The van der Waals surface area contributed by atoms with Gasteiger partial charge in [-0.2, -0.15) is 0 Å². The Hall–Kier alpha value is -0.900. The Bertz CT molecular complexity index is 442. The summed E-state index contributed by atoms with van der Waals surface area (Å²) in [5.41, 5.74) is 2.18. The standard InChI is InChI=1S/C17H28N2O/c1-13-9-10-16(15-8-6-5-7-14(13)15)18-11-17(2,20)12-19(3)4/h5-8,13,16,18,20H,9-12H2,1-4H3. The molecule has 1 aromatic carbocycles. The Labute approximate surface area is 123 Å². The molecule has 3 atom stereocenters. The number of benzene rings is 1. The summed E-state index contributed by atoms with van der Waals surface area (Å²) in [6.45, 7) is 5.50. The molecule has 0 saturated heterocycles. The fraction of sp³-hybridized carbons (Fsp3) is 0.647. The van der Waals surface area contributed by atoms with Crippen LogP contribution >= 0.6 is 0 Å². The zero-order chi connectivity index (χ0) is 14.8. The number of likely N-dealkylation sites (N-methyl/N-ethyl adjacent to an activating group) is 1. The number of hydrogen-bond acceptors (Lipinski definition) is 3. The van der Waals surface area contributed by atoms with E-state index in [9.17, 15) is 5.11 Å². The van der Waals surface area contributed by atoms with Crippen LogP contribution < -0.4 is 5.32 Å². The van der Waals surface area contributed by atoms with Crippen LogP contribution in [0.25, 0.3) is 0 Å². The van der Waals surface area contributed by atoms with Crippen LogP contribution in [0.2, 0.25) is 0 Å². The van der Waals surface area contributed by atoms with Crippen LogP contribution in [-0.4, -0.2) is 42.8 Å². The summed E-state index contributed by atoms with van der Waals surface area (Å²) in [5, 5.41) is 14.0. The van der Waals surface area contributed by atoms with Gasteiger partial charge < -0.3 is 15.3 Å². The molecule has 0 heterocycles. The summed E-state index contributed by atoms with van der Waals surface area (Å²) in [4.78, 5) is 2.03. The van der Waals surface area contributed by atoms with E-state index in [2.05, 4.69) is 36.5 Å². The number of nitrogens with zero attached hydrogens (tertiary/aromatic N) is 1. The molecule has 3 heteroatoms. The van der Waals surface area contributed by atoms with Crippen molar-refractivity contribution in [2.24, 2.45) is 0 Å². The Morgan fingerprint density at radius 1 is 1.25 bits per heavy atom. The maximum atomic E-state index is 10.4. The van der Waals surface area contributed by atoms with Gasteiger partial charge in [0.2, 0.25) is 0 Å². The van der Waals surface area contributed by atoms with E-state index < -0.39 is 5.60 Å². The Balaban J connectivity index is 2.03. The number of rotatable bonds is 5. The lowest BCUT2D eigenvalue weighted by molar-refractivity contribution is 0.0307. The molecule has 3 nitrogen and oxygen atoms in total. The molecule has 0 aromatic heterocycles. The average molecular weight is 276 g/mol. The second-order valence-electron chi connectivity index (χ2n) is 6.78. The first-order chi connectivity index (χ1) is 9.39. The summed E-state index contributed by atoms with van der Waals surface area (Å²) in [7, 11) is 3.98. The molecule has 0 aliphatic heterocycles. The van der Waals surface area contributed by atoms with Gasteiger partial charge in [0, 0.05) is 19.1 Å². The minimum Gasteiger partial charge on any atom is -0.388 e. The molecule has 112 valence electrons. The molecule has 1 aliphatic carbocycles. The molecular formula is C17H28N2O. The van der Waals surface area contributed by atoms with E-state index in [4.69, 9.17) is 0 Å². The van der Waals surface area contributed by atoms with Crippen LogP contribution in [0.15, 0.2) is 24.3 Å². The summed E-state index contributed by atoms with van der Waals surface area (Å²) in [5.74, 6) is 0.645. The summed E-state index contributed by atoms with van der Waals surface area (Å²) >= 11 is 0. The molecule has 20 heavy (non-hydrogen) atoms. The summed E-state index contributed by atoms with van der Waals surface area (Å²) < 4.78 is 0. The molecule has 0 spiro atoms. The molecule has 2 rings (SSSR count). The topological polar surface area (TPSA) is 35.5 Å². The zero-order valence-electron chi connectivity index (χ0n) is 13.2. The quantitative estimate of drug-likeness (QED) is 0.867. The SMILES string of the molecule is CC1CCC(NCC(C)(O)CN(C)C)c2ccccc21. The first-order valence-electron chi connectivity index (χ1n) is 7.58. The summed E-state index contributed by atoms with van der Waals surface area (Å²) in [6.07, 6.45) is 2.36. The van der Waals surface area contributed by atoms with Gasteiger partial charge in [-0.05, 0) is 50.9 Å². The van der Waals surface area contributed by atoms with Gasteiger partial charge in [0.15, 0.2) is 0 Å². The van der Waals surface area contributed by atoms with E-state index in [0.29, 0.717) is 25.0 Å². The minimum absolute atomic E-state index is 0.371. The molecule has 2 N–H and O–H groups in total. The first kappa shape index (κ1) is 15.5. The van der Waals surface area contributed by atoms with Crippen molar-refractivity contribution in [3.63, 3.8) is 0 Å². The van der Waals surface area contributed by atoms with Gasteiger partial charge in [0.25, 0.3) is 0 Å². The fourth-order valence-electron chi connectivity index (χ4n) is 3.30. The predicted molar refractivity (Wildman–Crippen MR) is 84.0 cm³/mol. The van der Waals surface area contributed by atoms with E-state index in [0.717, 1.165) is 6.42 Å². The van der Waals surface area contributed by atoms with Crippen molar-refractivity contribution < 1.29 is 5.11 Å².